The summed E-state index contributed by atoms with van der Waals surface area (Å²) in [4.78, 5) is 0.821. The lowest BCUT2D eigenvalue weighted by molar-refractivity contribution is -0.691. The van der Waals surface area contributed by atoms with Gasteiger partial charge in [-0.15, -0.1) is 12.6 Å². The van der Waals surface area contributed by atoms with Gasteiger partial charge in [0.25, 0.3) is 0 Å². The van der Waals surface area contributed by atoms with E-state index in [1.54, 1.807) is 0 Å². The molecule has 434 valence electrons. The summed E-state index contributed by atoms with van der Waals surface area (Å²) < 4.78 is 349. The Labute approximate surface area is 451 Å². The number of aromatic nitrogens is 1. The Morgan fingerprint density at radius 1 is 0.341 bits per heavy atom. The lowest BCUT2D eigenvalue weighted by atomic mass is 9.12. The van der Waals surface area contributed by atoms with Gasteiger partial charge in [-0.05, 0) is 47.9 Å². The molecule has 0 aliphatic heterocycles. The van der Waals surface area contributed by atoms with Gasteiger partial charge in [-0.2, -0.15) is 132 Å². The second kappa shape index (κ2) is 22.0. The highest BCUT2D eigenvalue weighted by Crippen LogP contribution is 2.42. The third kappa shape index (κ3) is 13.9. The zero-order valence-electron chi connectivity index (χ0n) is 40.2. The molecule has 0 aliphatic carbocycles. The fourth-order valence-electron chi connectivity index (χ4n) is 8.97. The Morgan fingerprint density at radius 2 is 0.634 bits per heavy atom. The summed E-state index contributed by atoms with van der Waals surface area (Å²) in [5, 5.41) is 2.23. The van der Waals surface area contributed by atoms with Crippen LogP contribution in [-0.4, -0.2) is 6.15 Å². The molecule has 0 N–H and O–H groups in total. The van der Waals surface area contributed by atoms with Crippen LogP contribution in [0.25, 0.3) is 10.8 Å². The number of halogens is 24. The molecule has 0 unspecified atom stereocenters. The number of para-hydroxylation sites is 1. The predicted octanol–water partition coefficient (Wildman–Crippen LogP) is 16.5. The first-order chi connectivity index (χ1) is 37.6. The van der Waals surface area contributed by atoms with Crippen LogP contribution in [0.15, 0.2) is 169 Å². The molecule has 82 heavy (non-hydrogen) atoms. The Kier molecular flexibility index (Phi) is 16.7. The summed E-state index contributed by atoms with van der Waals surface area (Å²) in [5.74, 6) is 1.58. The van der Waals surface area contributed by atoms with E-state index in [1.165, 1.54) is 5.56 Å². The quantitative estimate of drug-likeness (QED) is 0.0693. The van der Waals surface area contributed by atoms with Crippen molar-refractivity contribution in [3.05, 3.63) is 214 Å². The van der Waals surface area contributed by atoms with E-state index in [0.29, 0.717) is 0 Å². The first kappa shape index (κ1) is 62.1. The highest BCUT2D eigenvalue weighted by Gasteiger charge is 2.47. The average molecular weight is 1210 g/mol. The summed E-state index contributed by atoms with van der Waals surface area (Å²) in [6, 6.07) is 19.8. The van der Waals surface area contributed by atoms with E-state index < -0.39 is 195 Å². The van der Waals surface area contributed by atoms with Crippen molar-refractivity contribution in [3.8, 4) is 11.6 Å². The monoisotopic (exact) mass is 1210 g/mol. The van der Waals surface area contributed by atoms with E-state index in [4.69, 9.17) is 4.74 Å². The van der Waals surface area contributed by atoms with Gasteiger partial charge in [0.1, 0.15) is 11.9 Å². The maximum Gasteiger partial charge on any atom is 0.416 e. The average Bonchev–Trinajstić information content (AvgIpc) is 1.95. The summed E-state index contributed by atoms with van der Waals surface area (Å²) in [5.41, 5.74) is -29.0. The van der Waals surface area contributed by atoms with Gasteiger partial charge in [0.15, 0.2) is 12.7 Å². The first-order valence-electron chi connectivity index (χ1n) is 22.8. The predicted molar refractivity (Wildman–Crippen MR) is 254 cm³/mol. The molecule has 0 spiro atoms. The van der Waals surface area contributed by atoms with Crippen LogP contribution in [0.2, 0.25) is 0 Å². The summed E-state index contributed by atoms with van der Waals surface area (Å²) in [6.45, 7) is 0.746. The van der Waals surface area contributed by atoms with Crippen LogP contribution in [0.3, 0.4) is 0 Å². The number of alkyl halides is 24. The maximum absolute atomic E-state index is 14.2. The highest BCUT2D eigenvalue weighted by atomic mass is 32.1. The van der Waals surface area contributed by atoms with Crippen LogP contribution in [0.4, 0.5) is 105 Å². The van der Waals surface area contributed by atoms with E-state index >= 15 is 0 Å². The second-order valence-electron chi connectivity index (χ2n) is 18.1. The van der Waals surface area contributed by atoms with Gasteiger partial charge in [0.05, 0.1) is 49.9 Å². The Morgan fingerprint density at radius 3 is 0.951 bits per heavy atom. The zero-order valence-corrected chi connectivity index (χ0v) is 41.1. The Hall–Kier alpha value is -7.52. The molecule has 7 aromatic carbocycles. The number of pyridine rings is 1. The molecule has 0 saturated heterocycles. The van der Waals surface area contributed by atoms with Crippen molar-refractivity contribution in [2.75, 3.05) is 0 Å². The molecule has 28 heteroatoms. The third-order valence-corrected chi connectivity index (χ3v) is 13.0. The molecule has 0 fully saturated rings. The largest absolute Gasteiger partial charge is 0.416 e. The number of rotatable bonds is 8. The van der Waals surface area contributed by atoms with Gasteiger partial charge in [0, 0.05) is 16.5 Å². The lowest BCUT2D eigenvalue weighted by Gasteiger charge is -2.46. The van der Waals surface area contributed by atoms with Crippen molar-refractivity contribution < 1.29 is 115 Å². The molecule has 1 heterocycles. The number of ether oxygens (including phenoxy) is 1. The summed E-state index contributed by atoms with van der Waals surface area (Å²) in [7, 11) is 0. The van der Waals surface area contributed by atoms with Crippen molar-refractivity contribution in [1.82, 2.24) is 0 Å². The van der Waals surface area contributed by atoms with Crippen LogP contribution in [-0.2, 0) is 56.0 Å². The topological polar surface area (TPSA) is 13.1 Å². The number of benzene rings is 7. The fourth-order valence-corrected chi connectivity index (χ4v) is 9.17. The number of hydrogen-bond donors (Lipinski definition) is 1. The third-order valence-electron chi connectivity index (χ3n) is 12.6. The van der Waals surface area contributed by atoms with Crippen molar-refractivity contribution in [1.29, 1.82) is 0 Å². The van der Waals surface area contributed by atoms with Crippen LogP contribution < -0.4 is 31.2 Å². The standard InChI is InChI=1S/C32H12BF24.C22H17NOS/c34-25(35,36)13-1-14(26(37,38)39)6-21(5-13)33(22-7-15(27(40,41)42)2-16(8-22)28(43,44)45,23-9-17(29(46,47)48)3-18(10-23)30(49,50)51)24-11-19(31(52,53)54)4-20(12-24)32(55,56)57;25-21-13-7-6-12-20(21)24-22-19-11-5-4-10-18(19)14-15-23(22)16-17-8-2-1-3-9-17/h1-12H;1-15H,16H2/q-1;/p+1. The van der Waals surface area contributed by atoms with Gasteiger partial charge < -0.3 is 4.74 Å². The molecule has 8 aromatic rings. The minimum Gasteiger partial charge on any atom is -0.403 e. The minimum absolute atomic E-state index is 0.691. The lowest BCUT2D eigenvalue weighted by Crippen LogP contribution is -2.75. The van der Waals surface area contributed by atoms with Crippen molar-refractivity contribution >= 4 is 51.4 Å². The maximum atomic E-state index is 14.2. The van der Waals surface area contributed by atoms with Crippen molar-refractivity contribution in [2.45, 2.75) is 60.9 Å². The van der Waals surface area contributed by atoms with Crippen LogP contribution in [0.5, 0.6) is 11.6 Å². The Bertz CT molecular complexity index is 3180. The number of fused-ring (bicyclic) bond motifs is 1. The minimum atomic E-state index is -6.13. The second-order valence-corrected chi connectivity index (χ2v) is 18.6. The molecule has 0 atom stereocenters. The molecule has 2 nitrogen and oxygen atoms in total. The first-order valence-corrected chi connectivity index (χ1v) is 23.3. The molecule has 0 bridgehead atoms. The van der Waals surface area contributed by atoms with E-state index in [2.05, 4.69) is 65.9 Å². The van der Waals surface area contributed by atoms with Gasteiger partial charge in [-0.25, -0.2) is 0 Å². The highest BCUT2D eigenvalue weighted by molar-refractivity contribution is 7.80. The van der Waals surface area contributed by atoms with Crippen LogP contribution in [0, 0.1) is 0 Å². The number of hydrogen-bond acceptors (Lipinski definition) is 2. The smallest absolute Gasteiger partial charge is 0.403 e. The van der Waals surface area contributed by atoms with E-state index in [0.717, 1.165) is 33.8 Å². The molecule has 0 amide bonds. The zero-order chi connectivity index (χ0) is 61.0. The summed E-state index contributed by atoms with van der Waals surface area (Å²) >= 11 is 4.52. The molecule has 0 radical (unpaired) electrons. The van der Waals surface area contributed by atoms with Gasteiger partial charge in [-0.1, -0.05) is 109 Å². The fraction of sp³-hybridized carbons (Fsp3) is 0.167. The molecule has 8 rings (SSSR count). The van der Waals surface area contributed by atoms with Gasteiger partial charge in [-0.3, -0.25) is 0 Å². The van der Waals surface area contributed by atoms with Crippen molar-refractivity contribution in [3.63, 3.8) is 0 Å². The van der Waals surface area contributed by atoms with Crippen molar-refractivity contribution in [2.24, 2.45) is 0 Å². The molecular formula is C54H30BF24NOS. The Balaban J connectivity index is 0.000000318. The summed E-state index contributed by atoms with van der Waals surface area (Å²) in [6.07, 6.45) is -52.7. The number of thiol groups is 1. The normalized spacial score (nSPS) is 13.2. The molecule has 0 aliphatic rings. The van der Waals surface area contributed by atoms with Crippen LogP contribution in [0.1, 0.15) is 50.1 Å². The SMILES string of the molecule is FC(F)(F)c1cc([B-](c2cc(C(F)(F)F)cc(C(F)(F)F)c2)(c2cc(C(F)(F)F)cc(C(F)(F)F)c2)c2cc(C(F)(F)F)cc(C(F)(F)F)c2)cc(C(F)(F)F)c1.Sc1ccccc1Oc1c2ccccc2cc[n+]1Cc1ccccc1. The van der Waals surface area contributed by atoms with E-state index in [9.17, 15) is 105 Å². The van der Waals surface area contributed by atoms with Crippen LogP contribution >= 0.6 is 12.6 Å². The van der Waals surface area contributed by atoms with Gasteiger partial charge in [0.2, 0.25) is 0 Å². The molecule has 0 saturated carbocycles. The van der Waals surface area contributed by atoms with E-state index in [-0.39, 0.29) is 0 Å². The number of nitrogens with zero attached hydrogens (tertiary/aromatic N) is 1. The molecule has 1 aromatic heterocycles. The van der Waals surface area contributed by atoms with Gasteiger partial charge >= 0.3 is 55.3 Å². The van der Waals surface area contributed by atoms with E-state index in [1.807, 2.05) is 42.5 Å². The molecular weight excluding hydrogens is 1180 g/mol.